The summed E-state index contributed by atoms with van der Waals surface area (Å²) in [7, 11) is 1.57. The fourth-order valence-electron chi connectivity index (χ4n) is 7.63. The van der Waals surface area contributed by atoms with Gasteiger partial charge < -0.3 is 34.1 Å². The Morgan fingerprint density at radius 2 is 1.89 bits per heavy atom. The average Bonchev–Trinajstić information content (AvgIpc) is 3.36. The van der Waals surface area contributed by atoms with Crippen molar-refractivity contribution in [1.29, 1.82) is 0 Å². The first-order chi connectivity index (χ1) is 21.6. The number of carbonyl (C=O) groups is 4. The minimum Gasteiger partial charge on any atom is -0.493 e. The van der Waals surface area contributed by atoms with E-state index < -0.39 is 53.1 Å². The van der Waals surface area contributed by atoms with Gasteiger partial charge in [0.15, 0.2) is 23.7 Å². The van der Waals surface area contributed by atoms with E-state index >= 15 is 0 Å². The summed E-state index contributed by atoms with van der Waals surface area (Å²) in [6, 6.07) is 12.4. The van der Waals surface area contributed by atoms with Gasteiger partial charge in [-0.05, 0) is 56.2 Å². The summed E-state index contributed by atoms with van der Waals surface area (Å²) >= 11 is 0. The molecule has 1 amide bonds. The third-order valence-corrected chi connectivity index (χ3v) is 9.58. The summed E-state index contributed by atoms with van der Waals surface area (Å²) in [5.41, 5.74) is 0.720. The van der Waals surface area contributed by atoms with Crippen molar-refractivity contribution in [1.82, 2.24) is 5.32 Å². The van der Waals surface area contributed by atoms with Gasteiger partial charge in [0.2, 0.25) is 6.10 Å². The number of hydrogen-bond donors (Lipinski definition) is 2. The van der Waals surface area contributed by atoms with Gasteiger partial charge in [0, 0.05) is 24.6 Å². The predicted octanol–water partition coefficient (Wildman–Crippen LogP) is 3.35. The first-order valence-electron chi connectivity index (χ1n) is 15.3. The number of amides is 1. The van der Waals surface area contributed by atoms with Gasteiger partial charge in [-0.25, -0.2) is 4.79 Å². The second kappa shape index (κ2) is 11.8. The van der Waals surface area contributed by atoms with Crippen LogP contribution in [0.4, 0.5) is 0 Å². The fourth-order valence-corrected chi connectivity index (χ4v) is 7.63. The van der Waals surface area contributed by atoms with Gasteiger partial charge >= 0.3 is 17.9 Å². The Labute approximate surface area is 260 Å². The number of methoxy groups -OCH3 is 1. The van der Waals surface area contributed by atoms with Crippen molar-refractivity contribution in [3.8, 4) is 11.5 Å². The van der Waals surface area contributed by atoms with Gasteiger partial charge in [-0.1, -0.05) is 42.8 Å². The van der Waals surface area contributed by atoms with Crippen LogP contribution in [0.2, 0.25) is 0 Å². The Morgan fingerprint density at radius 1 is 1.11 bits per heavy atom. The number of nitrogens with one attached hydrogen (secondary N) is 1. The maximum atomic E-state index is 13.2. The topological polar surface area (TPSA) is 147 Å². The van der Waals surface area contributed by atoms with Crippen LogP contribution in [0.3, 0.4) is 0 Å². The molecule has 1 heterocycles. The molecule has 1 aliphatic heterocycles. The number of aliphatic hydroxyl groups is 1. The Balaban J connectivity index is 1.09. The van der Waals surface area contributed by atoms with Crippen LogP contribution in [-0.4, -0.2) is 60.4 Å². The lowest BCUT2D eigenvalue weighted by molar-refractivity contribution is -0.171. The summed E-state index contributed by atoms with van der Waals surface area (Å²) in [4.78, 5) is 50.0. The van der Waals surface area contributed by atoms with Crippen molar-refractivity contribution in [2.75, 3.05) is 13.7 Å². The lowest BCUT2D eigenvalue weighted by Crippen LogP contribution is -2.67. The lowest BCUT2D eigenvalue weighted by atomic mass is 9.47. The smallest absolute Gasteiger partial charge is 0.352 e. The van der Waals surface area contributed by atoms with Crippen LogP contribution < -0.4 is 14.8 Å². The highest BCUT2D eigenvalue weighted by molar-refractivity contribution is 5.85. The highest BCUT2D eigenvalue weighted by atomic mass is 16.6. The van der Waals surface area contributed by atoms with Gasteiger partial charge in [-0.3, -0.25) is 14.4 Å². The van der Waals surface area contributed by atoms with Crippen LogP contribution in [0.25, 0.3) is 0 Å². The molecule has 2 N–H and O–H groups in total. The molecule has 1 saturated carbocycles. The van der Waals surface area contributed by atoms with E-state index in [0.29, 0.717) is 29.9 Å². The van der Waals surface area contributed by atoms with E-state index in [1.807, 2.05) is 12.1 Å². The van der Waals surface area contributed by atoms with Crippen molar-refractivity contribution in [2.24, 2.45) is 5.92 Å². The van der Waals surface area contributed by atoms with Crippen LogP contribution in [0.5, 0.6) is 11.5 Å². The maximum Gasteiger partial charge on any atom is 0.352 e. The van der Waals surface area contributed by atoms with Gasteiger partial charge in [0.05, 0.1) is 24.5 Å². The molecule has 238 valence electrons. The molecule has 45 heavy (non-hydrogen) atoms. The van der Waals surface area contributed by atoms with Crippen LogP contribution in [0.1, 0.15) is 68.7 Å². The Bertz CT molecular complexity index is 1550. The minimum atomic E-state index is -1.25. The van der Waals surface area contributed by atoms with E-state index in [1.54, 1.807) is 43.5 Å². The Hall–Kier alpha value is -4.38. The first kappa shape index (κ1) is 30.6. The SMILES string of the molecule is COc1ccc2c3c1O[C@H]1C(OC(=O)[C@H](C)OC(=O)CCNC(=O)[C@@H](OC(C)=O)c4ccccc4)=CC[C@@]4(O)[C@H](CCCC314)C2. The van der Waals surface area contributed by atoms with E-state index in [0.717, 1.165) is 30.4 Å². The molecule has 0 saturated heterocycles. The standard InChI is InChI=1S/C34H37NO10/c1-19(42-26(37)14-17-35-31(38)28(43-20(2)36)21-8-5-4-6-9-21)32(39)44-25-13-16-34(40)23-10-7-15-33(34)27-22(18-23)11-12-24(41-3)29(27)45-30(25)33/h4-6,8-9,11-13,19,23,28,30,40H,7,10,14-18H2,1-3H3,(H,35,38)/t19-,23+,28-,30-,33?,34+/m0/s1. The van der Waals surface area contributed by atoms with E-state index in [2.05, 4.69) is 5.32 Å². The van der Waals surface area contributed by atoms with Crippen LogP contribution in [0.15, 0.2) is 54.3 Å². The largest absolute Gasteiger partial charge is 0.493 e. The average molecular weight is 620 g/mol. The molecule has 2 aromatic carbocycles. The Kier molecular flexibility index (Phi) is 8.07. The van der Waals surface area contributed by atoms with Crippen molar-refractivity contribution < 1.29 is 48.0 Å². The number of ether oxygens (including phenoxy) is 5. The van der Waals surface area contributed by atoms with E-state index in [-0.39, 0.29) is 24.6 Å². The molecule has 0 radical (unpaired) electrons. The number of benzene rings is 2. The molecule has 2 bridgehead atoms. The predicted molar refractivity (Wildman–Crippen MR) is 158 cm³/mol. The number of rotatable bonds is 10. The van der Waals surface area contributed by atoms with Gasteiger partial charge in [0.25, 0.3) is 5.91 Å². The number of carbonyl (C=O) groups excluding carboxylic acids is 4. The van der Waals surface area contributed by atoms with Crippen LogP contribution >= 0.6 is 0 Å². The van der Waals surface area contributed by atoms with Gasteiger partial charge in [-0.15, -0.1) is 0 Å². The van der Waals surface area contributed by atoms with Gasteiger partial charge in [0.1, 0.15) is 5.76 Å². The highest BCUT2D eigenvalue weighted by Crippen LogP contribution is 2.67. The van der Waals surface area contributed by atoms with Crippen molar-refractivity contribution in [3.05, 3.63) is 71.0 Å². The van der Waals surface area contributed by atoms with Crippen molar-refractivity contribution in [2.45, 2.75) is 81.7 Å². The summed E-state index contributed by atoms with van der Waals surface area (Å²) < 4.78 is 28.4. The zero-order valence-corrected chi connectivity index (χ0v) is 25.5. The molecular formula is C34H37NO10. The molecule has 3 aliphatic carbocycles. The van der Waals surface area contributed by atoms with Gasteiger partial charge in [-0.2, -0.15) is 0 Å². The lowest BCUT2D eigenvalue weighted by Gasteiger charge is -2.59. The summed E-state index contributed by atoms with van der Waals surface area (Å²) in [6.45, 7) is 2.51. The zero-order chi connectivity index (χ0) is 31.9. The second-order valence-corrected chi connectivity index (χ2v) is 12.1. The quantitative estimate of drug-likeness (QED) is 0.300. The van der Waals surface area contributed by atoms with Crippen LogP contribution in [0, 0.1) is 5.92 Å². The van der Waals surface area contributed by atoms with E-state index in [4.69, 9.17) is 23.7 Å². The zero-order valence-electron chi connectivity index (χ0n) is 25.5. The molecular weight excluding hydrogens is 582 g/mol. The normalized spacial score (nSPS) is 26.6. The minimum absolute atomic E-state index is 0.0510. The summed E-state index contributed by atoms with van der Waals surface area (Å²) in [5, 5.41) is 14.8. The molecule has 1 unspecified atom stereocenters. The first-order valence-corrected chi connectivity index (χ1v) is 15.3. The fraction of sp³-hybridized carbons (Fsp3) is 0.471. The summed E-state index contributed by atoms with van der Waals surface area (Å²) in [5.74, 6) is -1.25. The third-order valence-electron chi connectivity index (χ3n) is 9.58. The molecule has 2 aromatic rings. The molecule has 6 rings (SSSR count). The highest BCUT2D eigenvalue weighted by Gasteiger charge is 2.71. The number of esters is 3. The maximum absolute atomic E-state index is 13.2. The number of hydrogen-bond acceptors (Lipinski definition) is 10. The molecule has 1 spiro atoms. The molecule has 0 aromatic heterocycles. The Morgan fingerprint density at radius 3 is 2.62 bits per heavy atom. The third kappa shape index (κ3) is 5.12. The molecule has 4 aliphatic rings. The molecule has 11 heteroatoms. The molecule has 6 atom stereocenters. The molecule has 1 fully saturated rings. The van der Waals surface area contributed by atoms with E-state index in [9.17, 15) is 24.3 Å². The summed E-state index contributed by atoms with van der Waals surface area (Å²) in [6.07, 6.45) is 1.87. The monoisotopic (exact) mass is 619 g/mol. The van der Waals surface area contributed by atoms with Crippen molar-refractivity contribution >= 4 is 23.8 Å². The van der Waals surface area contributed by atoms with Crippen LogP contribution in [-0.2, 0) is 45.2 Å². The van der Waals surface area contributed by atoms with Crippen molar-refractivity contribution in [3.63, 3.8) is 0 Å². The van der Waals surface area contributed by atoms with E-state index in [1.165, 1.54) is 13.8 Å². The molecule has 11 nitrogen and oxygen atoms in total. The second-order valence-electron chi connectivity index (χ2n) is 12.1.